The number of rotatable bonds is 7. The predicted octanol–water partition coefficient (Wildman–Crippen LogP) is 1.41. The zero-order valence-corrected chi connectivity index (χ0v) is 17.5. The van der Waals surface area contributed by atoms with E-state index >= 15 is 0 Å². The molecule has 0 spiro atoms. The van der Waals surface area contributed by atoms with E-state index in [-0.39, 0.29) is 35.6 Å². The number of esters is 1. The van der Waals surface area contributed by atoms with Crippen molar-refractivity contribution >= 4 is 21.9 Å². The van der Waals surface area contributed by atoms with Gasteiger partial charge in [-0.05, 0) is 38.0 Å². The van der Waals surface area contributed by atoms with E-state index in [4.69, 9.17) is 9.47 Å². The Bertz CT molecular complexity index is 800. The van der Waals surface area contributed by atoms with E-state index < -0.39 is 27.9 Å². The highest BCUT2D eigenvalue weighted by atomic mass is 32.2. The minimum Gasteiger partial charge on any atom is -0.461 e. The van der Waals surface area contributed by atoms with Gasteiger partial charge >= 0.3 is 5.97 Å². The van der Waals surface area contributed by atoms with E-state index in [2.05, 4.69) is 5.32 Å². The van der Waals surface area contributed by atoms with Crippen LogP contribution in [0.4, 0.5) is 0 Å². The molecule has 1 saturated heterocycles. The molecule has 1 aliphatic rings. The summed E-state index contributed by atoms with van der Waals surface area (Å²) in [5, 5.41) is 2.65. The number of sulfonamides is 1. The summed E-state index contributed by atoms with van der Waals surface area (Å²) in [5.74, 6) is -1.23. The van der Waals surface area contributed by atoms with Crippen molar-refractivity contribution in [2.24, 2.45) is 5.92 Å². The summed E-state index contributed by atoms with van der Waals surface area (Å²) in [4.78, 5) is 24.9. The summed E-state index contributed by atoms with van der Waals surface area (Å²) in [6, 6.07) is 4.98. The van der Waals surface area contributed by atoms with Crippen LogP contribution >= 0.6 is 0 Å². The summed E-state index contributed by atoms with van der Waals surface area (Å²) in [6.07, 6.45) is -0.298. The molecule has 1 fully saturated rings. The first kappa shape index (κ1) is 22.3. The molecule has 0 radical (unpaired) electrons. The lowest BCUT2D eigenvalue weighted by Gasteiger charge is -2.26. The monoisotopic (exact) mass is 412 g/mol. The van der Waals surface area contributed by atoms with Crippen LogP contribution in [0.5, 0.6) is 0 Å². The van der Waals surface area contributed by atoms with E-state index in [0.717, 1.165) is 0 Å². The van der Waals surface area contributed by atoms with Crippen LogP contribution in [0, 0.1) is 5.92 Å². The number of carbonyl (C=O) groups excluding carboxylic acids is 2. The lowest BCUT2D eigenvalue weighted by molar-refractivity contribution is -0.150. The average Bonchev–Trinajstić information content (AvgIpc) is 2.65. The highest BCUT2D eigenvalue weighted by Gasteiger charge is 2.29. The zero-order valence-electron chi connectivity index (χ0n) is 16.7. The van der Waals surface area contributed by atoms with E-state index in [1.54, 1.807) is 27.7 Å². The molecular weight excluding hydrogens is 384 g/mol. The molecule has 8 nitrogen and oxygen atoms in total. The second-order valence-electron chi connectivity index (χ2n) is 7.23. The molecule has 1 aromatic rings. The van der Waals surface area contributed by atoms with Gasteiger partial charge in [0.05, 0.1) is 24.2 Å². The van der Waals surface area contributed by atoms with Crippen LogP contribution in [0.2, 0.25) is 0 Å². The van der Waals surface area contributed by atoms with Crippen molar-refractivity contribution in [1.82, 2.24) is 9.62 Å². The van der Waals surface area contributed by atoms with Gasteiger partial charge in [0.25, 0.3) is 5.91 Å². The maximum absolute atomic E-state index is 12.8. The van der Waals surface area contributed by atoms with Gasteiger partial charge in [-0.3, -0.25) is 4.79 Å². The van der Waals surface area contributed by atoms with Crippen LogP contribution in [0.25, 0.3) is 0 Å². The van der Waals surface area contributed by atoms with Gasteiger partial charge in [0.2, 0.25) is 10.0 Å². The number of hydrogen-bond acceptors (Lipinski definition) is 6. The first-order valence-electron chi connectivity index (χ1n) is 9.32. The van der Waals surface area contributed by atoms with E-state index in [1.807, 2.05) is 0 Å². The summed E-state index contributed by atoms with van der Waals surface area (Å²) in [5.41, 5.74) is 0.164. The lowest BCUT2D eigenvalue weighted by atomic mass is 10.0. The van der Waals surface area contributed by atoms with Crippen molar-refractivity contribution < 1.29 is 27.5 Å². The Morgan fingerprint density at radius 2 is 1.79 bits per heavy atom. The number of ether oxygens (including phenoxy) is 2. The van der Waals surface area contributed by atoms with Gasteiger partial charge in [0.15, 0.2) is 0 Å². The van der Waals surface area contributed by atoms with Gasteiger partial charge in [-0.15, -0.1) is 0 Å². The topological polar surface area (TPSA) is 102 Å². The Morgan fingerprint density at radius 3 is 2.36 bits per heavy atom. The van der Waals surface area contributed by atoms with Crippen LogP contribution in [0.15, 0.2) is 29.2 Å². The summed E-state index contributed by atoms with van der Waals surface area (Å²) < 4.78 is 37.3. The van der Waals surface area contributed by atoms with Gasteiger partial charge in [-0.2, -0.15) is 4.31 Å². The molecule has 1 N–H and O–H groups in total. The highest BCUT2D eigenvalue weighted by Crippen LogP contribution is 2.19. The maximum atomic E-state index is 12.8. The maximum Gasteiger partial charge on any atom is 0.329 e. The Hall–Kier alpha value is -1.97. The first-order valence-corrected chi connectivity index (χ1v) is 10.8. The van der Waals surface area contributed by atoms with Crippen molar-refractivity contribution in [3.63, 3.8) is 0 Å². The second-order valence-corrected chi connectivity index (χ2v) is 9.16. The van der Waals surface area contributed by atoms with Gasteiger partial charge in [-0.1, -0.05) is 19.9 Å². The largest absolute Gasteiger partial charge is 0.461 e. The van der Waals surface area contributed by atoms with E-state index in [9.17, 15) is 18.0 Å². The Kier molecular flexibility index (Phi) is 7.56. The van der Waals surface area contributed by atoms with Gasteiger partial charge in [0.1, 0.15) is 6.04 Å². The fraction of sp³-hybridized carbons (Fsp3) is 0.579. The van der Waals surface area contributed by atoms with Crippen molar-refractivity contribution in [1.29, 1.82) is 0 Å². The number of morpholine rings is 1. The van der Waals surface area contributed by atoms with Crippen molar-refractivity contribution in [2.45, 2.75) is 44.7 Å². The third-order valence-electron chi connectivity index (χ3n) is 4.26. The summed E-state index contributed by atoms with van der Waals surface area (Å²) in [7, 11) is -3.71. The molecule has 0 saturated carbocycles. The molecule has 1 aromatic carbocycles. The van der Waals surface area contributed by atoms with Gasteiger partial charge in [-0.25, -0.2) is 13.2 Å². The first-order chi connectivity index (χ1) is 13.1. The van der Waals surface area contributed by atoms with Crippen LogP contribution in [-0.2, 0) is 24.3 Å². The third kappa shape index (κ3) is 5.52. The summed E-state index contributed by atoms with van der Waals surface area (Å²) >= 11 is 0. The van der Waals surface area contributed by atoms with Crippen LogP contribution in [0.3, 0.4) is 0 Å². The van der Waals surface area contributed by atoms with Crippen molar-refractivity contribution in [2.75, 3.05) is 26.3 Å². The Labute approximate surface area is 166 Å². The fourth-order valence-electron chi connectivity index (χ4n) is 2.76. The molecule has 0 aliphatic carbocycles. The van der Waals surface area contributed by atoms with Crippen LogP contribution in [0.1, 0.15) is 38.1 Å². The number of nitrogens with one attached hydrogen (secondary N) is 1. The third-order valence-corrected chi connectivity index (χ3v) is 6.16. The number of nitrogens with zero attached hydrogens (tertiary/aromatic N) is 1. The minimum atomic E-state index is -3.71. The normalized spacial score (nSPS) is 16.8. The van der Waals surface area contributed by atoms with Crippen LogP contribution < -0.4 is 5.32 Å². The molecule has 0 bridgehead atoms. The predicted molar refractivity (Wildman–Crippen MR) is 103 cm³/mol. The molecule has 28 heavy (non-hydrogen) atoms. The molecule has 2 rings (SSSR count). The number of carbonyl (C=O) groups is 2. The quantitative estimate of drug-likeness (QED) is 0.680. The van der Waals surface area contributed by atoms with E-state index in [1.165, 1.54) is 28.6 Å². The standard InChI is InChI=1S/C19H28N2O6S/c1-13(2)17(19(23)27-14(3)4)20-18(22)15-6-5-7-16(12-15)28(24,25)21-8-10-26-11-9-21/h5-7,12-14,17H,8-11H2,1-4H3,(H,20,22)/t17-/m0/s1. The molecule has 1 amide bonds. The Morgan fingerprint density at radius 1 is 1.14 bits per heavy atom. The van der Waals surface area contributed by atoms with E-state index in [0.29, 0.717) is 13.2 Å². The number of benzene rings is 1. The summed E-state index contributed by atoms with van der Waals surface area (Å²) in [6.45, 7) is 8.29. The van der Waals surface area contributed by atoms with Crippen molar-refractivity contribution in [3.8, 4) is 0 Å². The highest BCUT2D eigenvalue weighted by molar-refractivity contribution is 7.89. The molecule has 0 aromatic heterocycles. The molecular formula is C19H28N2O6S. The molecule has 1 aliphatic heterocycles. The molecule has 1 atom stereocenters. The molecule has 0 unspecified atom stereocenters. The molecule has 1 heterocycles. The van der Waals surface area contributed by atoms with Crippen LogP contribution in [-0.4, -0.2) is 63.0 Å². The average molecular weight is 413 g/mol. The number of hydrogen-bond donors (Lipinski definition) is 1. The zero-order chi connectivity index (χ0) is 20.9. The smallest absolute Gasteiger partial charge is 0.329 e. The van der Waals surface area contributed by atoms with Crippen molar-refractivity contribution in [3.05, 3.63) is 29.8 Å². The molecule has 156 valence electrons. The Balaban J connectivity index is 2.20. The minimum absolute atomic E-state index is 0.0351. The fourth-order valence-corrected chi connectivity index (χ4v) is 4.22. The van der Waals surface area contributed by atoms with Gasteiger partial charge in [0, 0.05) is 18.7 Å². The SMILES string of the molecule is CC(C)OC(=O)[C@@H](NC(=O)c1cccc(S(=O)(=O)N2CCOCC2)c1)C(C)C. The molecule has 9 heteroatoms. The number of amides is 1. The lowest BCUT2D eigenvalue weighted by Crippen LogP contribution is -2.46. The second kappa shape index (κ2) is 9.49. The van der Waals surface area contributed by atoms with Gasteiger partial charge < -0.3 is 14.8 Å².